The van der Waals surface area contributed by atoms with Gasteiger partial charge < -0.3 is 20.3 Å². The fraction of sp³-hybridized carbons (Fsp3) is 0.647. The molecule has 0 amide bonds. The molecule has 3 heterocycles. The maximum absolute atomic E-state index is 9.69. The Labute approximate surface area is 136 Å². The molecular formula is C17H25N5O. The Morgan fingerprint density at radius 3 is 2.65 bits per heavy atom. The molecule has 0 atom stereocenters. The normalized spacial score (nSPS) is 25.2. The van der Waals surface area contributed by atoms with Gasteiger partial charge in [-0.05, 0) is 51.5 Å². The van der Waals surface area contributed by atoms with Crippen LogP contribution in [0.15, 0.2) is 6.07 Å². The van der Waals surface area contributed by atoms with Crippen LogP contribution < -0.4 is 10.2 Å². The second-order valence-electron chi connectivity index (χ2n) is 6.93. The van der Waals surface area contributed by atoms with Gasteiger partial charge in [-0.3, -0.25) is 0 Å². The van der Waals surface area contributed by atoms with Gasteiger partial charge in [-0.25, -0.2) is 0 Å². The Balaban J connectivity index is 1.65. The van der Waals surface area contributed by atoms with Crippen LogP contribution in [-0.4, -0.2) is 45.3 Å². The number of hydrogen-bond acceptors (Lipinski definition) is 5. The highest BCUT2D eigenvalue weighted by Gasteiger charge is 2.22. The third kappa shape index (κ3) is 3.00. The molecule has 2 aromatic rings. The first kappa shape index (κ1) is 14.8. The molecule has 1 saturated heterocycles. The van der Waals surface area contributed by atoms with Crippen molar-refractivity contribution in [3.05, 3.63) is 11.8 Å². The zero-order valence-corrected chi connectivity index (χ0v) is 13.7. The third-order valence-electron chi connectivity index (χ3n) is 5.04. The minimum atomic E-state index is -0.131. The number of nitrogens with one attached hydrogen (secondary N) is 2. The van der Waals surface area contributed by atoms with Crippen LogP contribution in [0.2, 0.25) is 0 Å². The van der Waals surface area contributed by atoms with Gasteiger partial charge in [0.05, 0.1) is 11.5 Å². The van der Waals surface area contributed by atoms with Crippen molar-refractivity contribution in [3.8, 4) is 0 Å². The van der Waals surface area contributed by atoms with Gasteiger partial charge in [0.2, 0.25) is 5.95 Å². The number of aromatic amines is 1. The smallest absolute Gasteiger partial charge is 0.229 e. The van der Waals surface area contributed by atoms with Crippen molar-refractivity contribution in [2.45, 2.75) is 57.6 Å². The monoisotopic (exact) mass is 315 g/mol. The summed E-state index contributed by atoms with van der Waals surface area (Å²) in [6.07, 6.45) is 6.04. The predicted octanol–water partition coefficient (Wildman–Crippen LogP) is 2.58. The van der Waals surface area contributed by atoms with Crippen LogP contribution in [0.4, 0.5) is 11.8 Å². The molecule has 1 aliphatic heterocycles. The van der Waals surface area contributed by atoms with Crippen LogP contribution in [-0.2, 0) is 0 Å². The highest BCUT2D eigenvalue weighted by molar-refractivity contribution is 5.89. The average Bonchev–Trinajstić information content (AvgIpc) is 3.18. The maximum atomic E-state index is 9.69. The first-order valence-corrected chi connectivity index (χ1v) is 8.76. The van der Waals surface area contributed by atoms with Crippen molar-refractivity contribution in [1.29, 1.82) is 0 Å². The van der Waals surface area contributed by atoms with Crippen molar-refractivity contribution in [2.75, 3.05) is 23.3 Å². The van der Waals surface area contributed by atoms with E-state index in [9.17, 15) is 5.11 Å². The Kier molecular flexibility index (Phi) is 3.85. The molecule has 2 aromatic heterocycles. The Bertz CT molecular complexity index is 684. The molecule has 1 aliphatic carbocycles. The average molecular weight is 315 g/mol. The molecule has 124 valence electrons. The second-order valence-corrected chi connectivity index (χ2v) is 6.93. The van der Waals surface area contributed by atoms with Gasteiger partial charge in [0.25, 0.3) is 0 Å². The molecule has 4 rings (SSSR count). The number of aliphatic hydroxyl groups excluding tert-OH is 1. The van der Waals surface area contributed by atoms with Gasteiger partial charge >= 0.3 is 0 Å². The summed E-state index contributed by atoms with van der Waals surface area (Å²) in [6, 6.07) is 2.50. The summed E-state index contributed by atoms with van der Waals surface area (Å²) in [7, 11) is 0. The van der Waals surface area contributed by atoms with E-state index in [2.05, 4.69) is 28.2 Å². The summed E-state index contributed by atoms with van der Waals surface area (Å²) in [6.45, 7) is 4.14. The fourth-order valence-corrected chi connectivity index (χ4v) is 3.71. The van der Waals surface area contributed by atoms with Crippen LogP contribution in [0.25, 0.3) is 11.0 Å². The molecule has 0 spiro atoms. The largest absolute Gasteiger partial charge is 0.393 e. The topological polar surface area (TPSA) is 77.1 Å². The number of aliphatic hydroxyl groups is 1. The number of aromatic nitrogens is 3. The summed E-state index contributed by atoms with van der Waals surface area (Å²) in [5.41, 5.74) is 2.02. The number of nitrogens with zero attached hydrogens (tertiary/aromatic N) is 3. The molecule has 23 heavy (non-hydrogen) atoms. The fourth-order valence-electron chi connectivity index (χ4n) is 3.71. The zero-order chi connectivity index (χ0) is 15.8. The van der Waals surface area contributed by atoms with E-state index in [0.29, 0.717) is 6.04 Å². The molecule has 0 unspecified atom stereocenters. The van der Waals surface area contributed by atoms with E-state index in [-0.39, 0.29) is 6.10 Å². The summed E-state index contributed by atoms with van der Waals surface area (Å²) in [4.78, 5) is 15.2. The molecule has 3 N–H and O–H groups in total. The molecule has 0 radical (unpaired) electrons. The van der Waals surface area contributed by atoms with Crippen LogP contribution in [0.5, 0.6) is 0 Å². The predicted molar refractivity (Wildman–Crippen MR) is 92.0 cm³/mol. The molecular weight excluding hydrogens is 290 g/mol. The molecule has 1 saturated carbocycles. The van der Waals surface area contributed by atoms with Gasteiger partial charge in [-0.1, -0.05) is 0 Å². The van der Waals surface area contributed by atoms with Gasteiger partial charge in [0.1, 0.15) is 11.5 Å². The van der Waals surface area contributed by atoms with Crippen LogP contribution in [0.3, 0.4) is 0 Å². The standard InChI is InChI=1S/C17H25N5O/c1-11-10-14-15(18-11)20-17(22-8-2-3-9-22)21-16(14)19-12-4-6-13(23)7-5-12/h10,12-13,23H,2-9H2,1H3,(H2,18,19,20,21). The van der Waals surface area contributed by atoms with Gasteiger partial charge in [-0.15, -0.1) is 0 Å². The number of H-pyrrole nitrogens is 1. The maximum Gasteiger partial charge on any atom is 0.229 e. The number of rotatable bonds is 3. The van der Waals surface area contributed by atoms with Crippen molar-refractivity contribution in [3.63, 3.8) is 0 Å². The zero-order valence-electron chi connectivity index (χ0n) is 13.7. The number of hydrogen-bond donors (Lipinski definition) is 3. The second kappa shape index (κ2) is 6.00. The minimum Gasteiger partial charge on any atom is -0.393 e. The quantitative estimate of drug-likeness (QED) is 0.811. The van der Waals surface area contributed by atoms with E-state index >= 15 is 0 Å². The van der Waals surface area contributed by atoms with E-state index in [0.717, 1.165) is 67.3 Å². The van der Waals surface area contributed by atoms with Crippen molar-refractivity contribution < 1.29 is 5.11 Å². The lowest BCUT2D eigenvalue weighted by Crippen LogP contribution is -2.29. The summed E-state index contributed by atoms with van der Waals surface area (Å²) in [5.74, 6) is 1.76. The number of fused-ring (bicyclic) bond motifs is 1. The van der Waals surface area contributed by atoms with Crippen LogP contribution in [0.1, 0.15) is 44.2 Å². The Hall–Kier alpha value is -1.82. The van der Waals surface area contributed by atoms with Crippen molar-refractivity contribution >= 4 is 22.8 Å². The van der Waals surface area contributed by atoms with E-state index in [4.69, 9.17) is 9.97 Å². The van der Waals surface area contributed by atoms with Crippen molar-refractivity contribution in [2.24, 2.45) is 0 Å². The van der Waals surface area contributed by atoms with Gasteiger partial charge in [-0.2, -0.15) is 9.97 Å². The Morgan fingerprint density at radius 2 is 1.91 bits per heavy atom. The molecule has 0 aromatic carbocycles. The SMILES string of the molecule is Cc1cc2c(NC3CCC(O)CC3)nc(N3CCCC3)nc2[nH]1. The first-order chi connectivity index (χ1) is 11.2. The summed E-state index contributed by atoms with van der Waals surface area (Å²) >= 11 is 0. The lowest BCUT2D eigenvalue weighted by atomic mass is 9.93. The van der Waals surface area contributed by atoms with Gasteiger partial charge in [0.15, 0.2) is 0 Å². The molecule has 6 nitrogen and oxygen atoms in total. The Morgan fingerprint density at radius 1 is 1.17 bits per heavy atom. The highest BCUT2D eigenvalue weighted by atomic mass is 16.3. The van der Waals surface area contributed by atoms with Gasteiger partial charge in [0, 0.05) is 24.8 Å². The first-order valence-electron chi connectivity index (χ1n) is 8.76. The molecule has 2 aliphatic rings. The van der Waals surface area contributed by atoms with E-state index in [1.807, 2.05) is 0 Å². The summed E-state index contributed by atoms with van der Waals surface area (Å²) < 4.78 is 0. The van der Waals surface area contributed by atoms with E-state index in [1.54, 1.807) is 0 Å². The van der Waals surface area contributed by atoms with E-state index < -0.39 is 0 Å². The molecule has 2 fully saturated rings. The molecule has 0 bridgehead atoms. The number of anilines is 2. The lowest BCUT2D eigenvalue weighted by Gasteiger charge is -2.27. The number of aryl methyl sites for hydroxylation is 1. The highest BCUT2D eigenvalue weighted by Crippen LogP contribution is 2.29. The minimum absolute atomic E-state index is 0.131. The van der Waals surface area contributed by atoms with Crippen LogP contribution >= 0.6 is 0 Å². The molecule has 6 heteroatoms. The third-order valence-corrected chi connectivity index (χ3v) is 5.04. The summed E-state index contributed by atoms with van der Waals surface area (Å²) in [5, 5.41) is 14.4. The van der Waals surface area contributed by atoms with Crippen molar-refractivity contribution in [1.82, 2.24) is 15.0 Å². The van der Waals surface area contributed by atoms with Crippen LogP contribution in [0, 0.1) is 6.92 Å². The van der Waals surface area contributed by atoms with E-state index in [1.165, 1.54) is 12.8 Å². The lowest BCUT2D eigenvalue weighted by molar-refractivity contribution is 0.126.